The summed E-state index contributed by atoms with van der Waals surface area (Å²) in [5, 5.41) is 18.9. The number of rotatable bonds is 4. The number of hydrogen-bond donors (Lipinski definition) is 2. The first-order valence-corrected chi connectivity index (χ1v) is 7.60. The molecule has 2 heterocycles. The van der Waals surface area contributed by atoms with E-state index in [9.17, 15) is 5.11 Å². The van der Waals surface area contributed by atoms with E-state index < -0.39 is 24.6 Å². The average molecular weight is 298 g/mol. The molecule has 0 aromatic rings. The van der Waals surface area contributed by atoms with Gasteiger partial charge in [-0.1, -0.05) is 0 Å². The molecule has 0 bridgehead atoms. The van der Waals surface area contributed by atoms with E-state index in [0.29, 0.717) is 18.9 Å². The Morgan fingerprint density at radius 3 is 2.44 bits per heavy atom. The Balaban J connectivity index is 2.08. The first-order valence-electron chi connectivity index (χ1n) is 5.96. The summed E-state index contributed by atoms with van der Waals surface area (Å²) in [6.07, 6.45) is -1.82. The molecule has 8 heteroatoms. The largest absolute Gasteiger partial charge is 0.394 e. The van der Waals surface area contributed by atoms with Crippen molar-refractivity contribution in [1.29, 1.82) is 0 Å². The molecule has 0 saturated carbocycles. The van der Waals surface area contributed by atoms with Gasteiger partial charge in [0.1, 0.15) is 24.4 Å². The summed E-state index contributed by atoms with van der Waals surface area (Å²) in [5.74, 6) is 0. The summed E-state index contributed by atoms with van der Waals surface area (Å²) in [5.41, 5.74) is 0. The second-order valence-corrected chi connectivity index (χ2v) is 5.23. The number of aliphatic hydroxyl groups excluding tert-OH is 2. The third kappa shape index (κ3) is 3.20. The van der Waals surface area contributed by atoms with E-state index in [1.807, 2.05) is 0 Å². The maximum atomic E-state index is 9.83. The van der Waals surface area contributed by atoms with Gasteiger partial charge in [0.15, 0.2) is 12.6 Å². The van der Waals surface area contributed by atoms with E-state index in [-0.39, 0.29) is 19.0 Å². The van der Waals surface area contributed by atoms with Crippen molar-refractivity contribution >= 4 is 18.5 Å². The standard InChI is InChI=1S/C10H20O6P2/c11-1-5(12)9-10-6(14-8(4-18)16-9)2-13-7(3-17)15-10/h5-12H,1-4,17-18H2. The van der Waals surface area contributed by atoms with Gasteiger partial charge in [0.25, 0.3) is 0 Å². The number of aliphatic hydroxyl groups is 2. The number of hydrogen-bond acceptors (Lipinski definition) is 6. The van der Waals surface area contributed by atoms with Crippen molar-refractivity contribution in [2.24, 2.45) is 0 Å². The van der Waals surface area contributed by atoms with Crippen LogP contribution in [0.5, 0.6) is 0 Å². The van der Waals surface area contributed by atoms with Crippen LogP contribution in [0.15, 0.2) is 0 Å². The molecule has 18 heavy (non-hydrogen) atoms. The van der Waals surface area contributed by atoms with Crippen molar-refractivity contribution in [2.45, 2.75) is 37.0 Å². The molecule has 2 rings (SSSR count). The molecular weight excluding hydrogens is 278 g/mol. The molecule has 0 radical (unpaired) electrons. The minimum Gasteiger partial charge on any atom is -0.394 e. The molecule has 106 valence electrons. The van der Waals surface area contributed by atoms with Crippen LogP contribution in [0.2, 0.25) is 0 Å². The van der Waals surface area contributed by atoms with Crippen molar-refractivity contribution in [3.63, 3.8) is 0 Å². The van der Waals surface area contributed by atoms with Crippen molar-refractivity contribution in [1.82, 2.24) is 0 Å². The quantitative estimate of drug-likeness (QED) is 0.644. The molecular formula is C10H20O6P2. The molecule has 0 aliphatic carbocycles. The highest BCUT2D eigenvalue weighted by Crippen LogP contribution is 2.30. The first kappa shape index (κ1) is 15.0. The van der Waals surface area contributed by atoms with Gasteiger partial charge in [-0.05, 0) is 0 Å². The summed E-state index contributed by atoms with van der Waals surface area (Å²) in [6, 6.07) is 0. The highest BCUT2D eigenvalue weighted by molar-refractivity contribution is 7.16. The molecule has 8 unspecified atom stereocenters. The lowest BCUT2D eigenvalue weighted by atomic mass is 10.0. The van der Waals surface area contributed by atoms with Gasteiger partial charge in [-0.2, -0.15) is 0 Å². The smallest absolute Gasteiger partial charge is 0.162 e. The van der Waals surface area contributed by atoms with E-state index in [4.69, 9.17) is 24.1 Å². The zero-order valence-corrected chi connectivity index (χ0v) is 12.3. The van der Waals surface area contributed by atoms with Crippen molar-refractivity contribution in [3.8, 4) is 0 Å². The summed E-state index contributed by atoms with van der Waals surface area (Å²) in [6.45, 7) is 0.0378. The molecule has 0 amide bonds. The van der Waals surface area contributed by atoms with Gasteiger partial charge in [-0.25, -0.2) is 0 Å². The van der Waals surface area contributed by atoms with Crippen LogP contribution >= 0.6 is 18.5 Å². The third-order valence-corrected chi connectivity index (χ3v) is 3.80. The third-order valence-electron chi connectivity index (χ3n) is 3.03. The molecule has 6 nitrogen and oxygen atoms in total. The fraction of sp³-hybridized carbons (Fsp3) is 1.00. The Morgan fingerprint density at radius 1 is 1.11 bits per heavy atom. The zero-order valence-electron chi connectivity index (χ0n) is 9.97. The maximum absolute atomic E-state index is 9.83. The van der Waals surface area contributed by atoms with Crippen LogP contribution in [0.3, 0.4) is 0 Å². The van der Waals surface area contributed by atoms with Gasteiger partial charge in [-0.3, -0.25) is 0 Å². The summed E-state index contributed by atoms with van der Waals surface area (Å²) in [7, 11) is 5.07. The van der Waals surface area contributed by atoms with E-state index in [1.165, 1.54) is 0 Å². The molecule has 2 saturated heterocycles. The zero-order chi connectivity index (χ0) is 13.1. The van der Waals surface area contributed by atoms with Crippen LogP contribution in [-0.2, 0) is 18.9 Å². The Kier molecular flexibility index (Phi) is 5.73. The van der Waals surface area contributed by atoms with Crippen LogP contribution in [0.4, 0.5) is 0 Å². The second-order valence-electron chi connectivity index (χ2n) is 4.29. The van der Waals surface area contributed by atoms with Crippen molar-refractivity contribution in [3.05, 3.63) is 0 Å². The fourth-order valence-corrected chi connectivity index (χ4v) is 2.60. The number of fused-ring (bicyclic) bond motifs is 1. The van der Waals surface area contributed by atoms with Crippen LogP contribution < -0.4 is 0 Å². The van der Waals surface area contributed by atoms with E-state index in [0.717, 1.165) is 0 Å². The van der Waals surface area contributed by atoms with E-state index >= 15 is 0 Å². The monoisotopic (exact) mass is 298 g/mol. The van der Waals surface area contributed by atoms with Crippen LogP contribution in [0.1, 0.15) is 0 Å². The normalized spacial score (nSPS) is 42.3. The second kappa shape index (κ2) is 6.87. The molecule has 2 aliphatic rings. The van der Waals surface area contributed by atoms with Crippen LogP contribution in [0.25, 0.3) is 0 Å². The van der Waals surface area contributed by atoms with Gasteiger partial charge in [0.05, 0.1) is 13.2 Å². The summed E-state index contributed by atoms with van der Waals surface area (Å²) in [4.78, 5) is 0. The molecule has 8 atom stereocenters. The molecule has 2 N–H and O–H groups in total. The van der Waals surface area contributed by atoms with Gasteiger partial charge >= 0.3 is 0 Å². The fourth-order valence-electron chi connectivity index (χ4n) is 2.13. The molecule has 2 fully saturated rings. The molecule has 0 aromatic heterocycles. The van der Waals surface area contributed by atoms with E-state index in [2.05, 4.69) is 18.5 Å². The molecule has 2 aliphatic heterocycles. The Bertz CT molecular complexity index is 267. The van der Waals surface area contributed by atoms with Crippen molar-refractivity contribution in [2.75, 3.05) is 25.5 Å². The van der Waals surface area contributed by atoms with E-state index in [1.54, 1.807) is 0 Å². The van der Waals surface area contributed by atoms with Gasteiger partial charge in [0.2, 0.25) is 0 Å². The molecule has 0 aromatic carbocycles. The summed E-state index contributed by atoms with van der Waals surface area (Å²) < 4.78 is 22.4. The summed E-state index contributed by atoms with van der Waals surface area (Å²) >= 11 is 0. The van der Waals surface area contributed by atoms with Gasteiger partial charge < -0.3 is 29.2 Å². The SMILES string of the molecule is OCC(O)C1OC(CP)OC2COC(CP)OC21. The van der Waals surface area contributed by atoms with Crippen LogP contribution in [0, 0.1) is 0 Å². The van der Waals surface area contributed by atoms with Crippen LogP contribution in [-0.4, -0.2) is 72.7 Å². The Morgan fingerprint density at radius 2 is 1.83 bits per heavy atom. The lowest BCUT2D eigenvalue weighted by Gasteiger charge is -2.46. The van der Waals surface area contributed by atoms with Gasteiger partial charge in [0, 0.05) is 12.3 Å². The minimum absolute atomic E-state index is 0.275. The topological polar surface area (TPSA) is 77.4 Å². The van der Waals surface area contributed by atoms with Gasteiger partial charge in [-0.15, -0.1) is 18.5 Å². The predicted molar refractivity (Wildman–Crippen MR) is 70.4 cm³/mol. The highest BCUT2D eigenvalue weighted by atomic mass is 31.0. The Labute approximate surface area is 111 Å². The lowest BCUT2D eigenvalue weighted by molar-refractivity contribution is -0.359. The first-order chi connectivity index (χ1) is 8.69. The molecule has 0 spiro atoms. The Hall–Kier alpha value is 0.620. The highest BCUT2D eigenvalue weighted by Gasteiger charge is 2.46. The number of ether oxygens (including phenoxy) is 4. The minimum atomic E-state index is -0.983. The lowest BCUT2D eigenvalue weighted by Crippen LogP contribution is -2.61. The predicted octanol–water partition coefficient (Wildman–Crippen LogP) is -1.06. The maximum Gasteiger partial charge on any atom is 0.162 e. The van der Waals surface area contributed by atoms with Crippen molar-refractivity contribution < 1.29 is 29.2 Å². The average Bonchev–Trinajstić information content (AvgIpc) is 2.44.